The predicted octanol–water partition coefficient (Wildman–Crippen LogP) is 2.82. The van der Waals surface area contributed by atoms with Crippen molar-refractivity contribution in [2.24, 2.45) is 0 Å². The smallest absolute Gasteiger partial charge is 0.119 e. The zero-order chi connectivity index (χ0) is 14.4. The molecule has 0 aliphatic heterocycles. The zero-order valence-electron chi connectivity index (χ0n) is 11.6. The second-order valence-electron chi connectivity index (χ2n) is 4.28. The van der Waals surface area contributed by atoms with Crippen LogP contribution in [0.2, 0.25) is 0 Å². The topological polar surface area (TPSA) is 47.9 Å². The minimum Gasteiger partial charge on any atom is -0.497 e. The molecule has 0 aliphatic carbocycles. The first-order valence-electron chi connectivity index (χ1n) is 6.32. The average molecular weight is 274 g/mol. The monoisotopic (exact) mass is 274 g/mol. The van der Waals surface area contributed by atoms with Crippen LogP contribution in [0.5, 0.6) is 17.2 Å². The van der Waals surface area contributed by atoms with Crippen molar-refractivity contribution in [1.29, 1.82) is 0 Å². The summed E-state index contributed by atoms with van der Waals surface area (Å²) in [4.78, 5) is 0. The molecular weight excluding hydrogens is 256 g/mol. The van der Waals surface area contributed by atoms with E-state index in [2.05, 4.69) is 0 Å². The summed E-state index contributed by atoms with van der Waals surface area (Å²) in [6.45, 7) is 0.193. The number of hydrogen-bond acceptors (Lipinski definition) is 4. The van der Waals surface area contributed by atoms with E-state index in [9.17, 15) is 5.11 Å². The summed E-state index contributed by atoms with van der Waals surface area (Å²) in [6, 6.07) is 14.5. The van der Waals surface area contributed by atoms with Gasteiger partial charge in [0.1, 0.15) is 30.0 Å². The maximum Gasteiger partial charge on any atom is 0.119 e. The third-order valence-corrected chi connectivity index (χ3v) is 2.97. The largest absolute Gasteiger partial charge is 0.497 e. The lowest BCUT2D eigenvalue weighted by atomic mass is 10.1. The Hall–Kier alpha value is -2.20. The van der Waals surface area contributed by atoms with Crippen LogP contribution in [0.15, 0.2) is 48.5 Å². The molecule has 1 unspecified atom stereocenters. The van der Waals surface area contributed by atoms with Crippen LogP contribution in [0, 0.1) is 0 Å². The molecule has 0 fully saturated rings. The van der Waals surface area contributed by atoms with Crippen LogP contribution in [0.3, 0.4) is 0 Å². The lowest BCUT2D eigenvalue weighted by Crippen LogP contribution is -2.09. The van der Waals surface area contributed by atoms with Gasteiger partial charge in [-0.25, -0.2) is 0 Å². The highest BCUT2D eigenvalue weighted by molar-refractivity contribution is 5.31. The van der Waals surface area contributed by atoms with Crippen LogP contribution in [0.25, 0.3) is 0 Å². The molecule has 2 aromatic rings. The number of aliphatic hydroxyl groups excluding tert-OH is 1. The van der Waals surface area contributed by atoms with E-state index in [0.29, 0.717) is 5.75 Å². The molecule has 0 bridgehead atoms. The molecule has 2 aromatic carbocycles. The van der Waals surface area contributed by atoms with Crippen molar-refractivity contribution in [2.75, 3.05) is 20.8 Å². The van der Waals surface area contributed by atoms with Crippen molar-refractivity contribution in [3.8, 4) is 17.2 Å². The molecule has 0 radical (unpaired) electrons. The highest BCUT2D eigenvalue weighted by atomic mass is 16.5. The van der Waals surface area contributed by atoms with E-state index >= 15 is 0 Å². The molecule has 1 N–H and O–H groups in total. The number of rotatable bonds is 6. The third kappa shape index (κ3) is 3.65. The van der Waals surface area contributed by atoms with Gasteiger partial charge < -0.3 is 19.3 Å². The fourth-order valence-electron chi connectivity index (χ4n) is 1.77. The Morgan fingerprint density at radius 3 is 1.75 bits per heavy atom. The van der Waals surface area contributed by atoms with E-state index < -0.39 is 6.10 Å². The van der Waals surface area contributed by atoms with Gasteiger partial charge in [0.2, 0.25) is 0 Å². The molecule has 0 amide bonds. The first kappa shape index (κ1) is 14.2. The highest BCUT2D eigenvalue weighted by Gasteiger charge is 2.08. The van der Waals surface area contributed by atoms with Gasteiger partial charge in [0.15, 0.2) is 0 Å². The van der Waals surface area contributed by atoms with Crippen molar-refractivity contribution < 1.29 is 19.3 Å². The lowest BCUT2D eigenvalue weighted by Gasteiger charge is -2.13. The van der Waals surface area contributed by atoms with Crippen molar-refractivity contribution >= 4 is 0 Å². The maximum absolute atomic E-state index is 10.1. The Morgan fingerprint density at radius 1 is 0.800 bits per heavy atom. The highest BCUT2D eigenvalue weighted by Crippen LogP contribution is 2.21. The zero-order valence-corrected chi connectivity index (χ0v) is 11.6. The number of methoxy groups -OCH3 is 2. The Morgan fingerprint density at radius 2 is 1.25 bits per heavy atom. The van der Waals surface area contributed by atoms with E-state index in [1.54, 1.807) is 26.4 Å². The SMILES string of the molecule is COc1ccc(OCC(O)c2ccc(OC)cc2)cc1. The molecule has 0 aromatic heterocycles. The van der Waals surface area contributed by atoms with Crippen molar-refractivity contribution in [3.63, 3.8) is 0 Å². The van der Waals surface area contributed by atoms with Crippen LogP contribution in [0.1, 0.15) is 11.7 Å². The van der Waals surface area contributed by atoms with Crippen LogP contribution >= 0.6 is 0 Å². The Kier molecular flexibility index (Phi) is 4.85. The van der Waals surface area contributed by atoms with Gasteiger partial charge in [0, 0.05) is 0 Å². The quantitative estimate of drug-likeness (QED) is 0.880. The predicted molar refractivity (Wildman–Crippen MR) is 76.4 cm³/mol. The average Bonchev–Trinajstić information content (AvgIpc) is 2.53. The molecule has 2 rings (SSSR count). The summed E-state index contributed by atoms with van der Waals surface area (Å²) in [7, 11) is 3.22. The van der Waals surface area contributed by atoms with Crippen molar-refractivity contribution in [1.82, 2.24) is 0 Å². The molecule has 0 aliphatic rings. The standard InChI is InChI=1S/C16H18O4/c1-18-13-5-3-12(4-6-13)16(17)11-20-15-9-7-14(19-2)8-10-15/h3-10,16-17H,11H2,1-2H3. The number of hydrogen-bond donors (Lipinski definition) is 1. The van der Waals surface area contributed by atoms with Crippen molar-refractivity contribution in [2.45, 2.75) is 6.10 Å². The maximum atomic E-state index is 10.1. The fraction of sp³-hybridized carbons (Fsp3) is 0.250. The van der Waals surface area contributed by atoms with Crippen LogP contribution in [-0.4, -0.2) is 25.9 Å². The summed E-state index contributed by atoms with van der Waals surface area (Å²) in [5.41, 5.74) is 0.791. The van der Waals surface area contributed by atoms with E-state index in [0.717, 1.165) is 17.1 Å². The molecule has 4 heteroatoms. The van der Waals surface area contributed by atoms with Crippen LogP contribution in [-0.2, 0) is 0 Å². The number of aliphatic hydroxyl groups is 1. The normalized spacial score (nSPS) is 11.8. The molecule has 4 nitrogen and oxygen atoms in total. The molecule has 0 heterocycles. The first-order chi connectivity index (χ1) is 9.72. The molecule has 106 valence electrons. The van der Waals surface area contributed by atoms with Gasteiger partial charge in [0.25, 0.3) is 0 Å². The van der Waals surface area contributed by atoms with Gasteiger partial charge in [-0.05, 0) is 42.0 Å². The number of benzene rings is 2. The van der Waals surface area contributed by atoms with Gasteiger partial charge >= 0.3 is 0 Å². The first-order valence-corrected chi connectivity index (χ1v) is 6.32. The van der Waals surface area contributed by atoms with E-state index in [1.807, 2.05) is 36.4 Å². The lowest BCUT2D eigenvalue weighted by molar-refractivity contribution is 0.108. The van der Waals surface area contributed by atoms with E-state index in [-0.39, 0.29) is 6.61 Å². The summed E-state index contributed by atoms with van der Waals surface area (Å²) >= 11 is 0. The molecule has 20 heavy (non-hydrogen) atoms. The van der Waals surface area contributed by atoms with Gasteiger partial charge in [-0.1, -0.05) is 12.1 Å². The van der Waals surface area contributed by atoms with Gasteiger partial charge in [-0.15, -0.1) is 0 Å². The van der Waals surface area contributed by atoms with Crippen molar-refractivity contribution in [3.05, 3.63) is 54.1 Å². The van der Waals surface area contributed by atoms with Gasteiger partial charge in [0.05, 0.1) is 14.2 Å². The van der Waals surface area contributed by atoms with Crippen LogP contribution in [0.4, 0.5) is 0 Å². The van der Waals surface area contributed by atoms with E-state index in [4.69, 9.17) is 14.2 Å². The second kappa shape index (κ2) is 6.82. The molecular formula is C16H18O4. The minimum absolute atomic E-state index is 0.193. The summed E-state index contributed by atoms with van der Waals surface area (Å²) < 4.78 is 15.7. The molecule has 1 atom stereocenters. The second-order valence-corrected chi connectivity index (χ2v) is 4.28. The fourth-order valence-corrected chi connectivity index (χ4v) is 1.77. The Labute approximate surface area is 118 Å². The Balaban J connectivity index is 1.91. The van der Waals surface area contributed by atoms with E-state index in [1.165, 1.54) is 0 Å². The minimum atomic E-state index is -0.678. The summed E-state index contributed by atoms with van der Waals surface area (Å²) in [5, 5.41) is 10.1. The van der Waals surface area contributed by atoms with Gasteiger partial charge in [-0.2, -0.15) is 0 Å². The van der Waals surface area contributed by atoms with Crippen LogP contribution < -0.4 is 14.2 Å². The van der Waals surface area contributed by atoms with Gasteiger partial charge in [-0.3, -0.25) is 0 Å². The summed E-state index contributed by atoms with van der Waals surface area (Å²) in [6.07, 6.45) is -0.678. The summed E-state index contributed by atoms with van der Waals surface area (Å²) in [5.74, 6) is 2.23. The Bertz CT molecular complexity index is 519. The number of ether oxygens (including phenoxy) is 3. The molecule has 0 saturated carbocycles. The molecule has 0 saturated heterocycles. The molecule has 0 spiro atoms. The third-order valence-electron chi connectivity index (χ3n) is 2.97.